The summed E-state index contributed by atoms with van der Waals surface area (Å²) in [5, 5.41) is 11.8. The molecule has 1 heterocycles. The largest absolute Gasteiger partial charge is 0.507 e. The number of anilines is 1. The van der Waals surface area contributed by atoms with Crippen LogP contribution in [-0.2, 0) is 16.1 Å². The van der Waals surface area contributed by atoms with E-state index < -0.39 is 23.5 Å². The number of rotatable bonds is 9. The lowest BCUT2D eigenvalue weighted by molar-refractivity contribution is -0.140. The fourth-order valence-electron chi connectivity index (χ4n) is 4.70. The molecule has 1 saturated heterocycles. The molecule has 6 nitrogen and oxygen atoms in total. The first kappa shape index (κ1) is 27.2. The highest BCUT2D eigenvalue weighted by Crippen LogP contribution is 2.41. The van der Waals surface area contributed by atoms with Gasteiger partial charge in [-0.15, -0.1) is 0 Å². The van der Waals surface area contributed by atoms with Crippen molar-refractivity contribution in [3.63, 3.8) is 0 Å². The number of ether oxygens (including phenoxy) is 1. The summed E-state index contributed by atoms with van der Waals surface area (Å²) in [6.07, 6.45) is 0. The summed E-state index contributed by atoms with van der Waals surface area (Å²) in [6, 6.07) is 17.2. The summed E-state index contributed by atoms with van der Waals surface area (Å²) < 4.78 is 19.1. The predicted octanol–water partition coefficient (Wildman–Crippen LogP) is 6.35. The maximum absolute atomic E-state index is 13.5. The van der Waals surface area contributed by atoms with Gasteiger partial charge >= 0.3 is 0 Å². The number of hydrogen-bond acceptors (Lipinski definition) is 5. The third-order valence-corrected chi connectivity index (χ3v) is 6.96. The summed E-state index contributed by atoms with van der Waals surface area (Å²) in [5.41, 5.74) is 2.61. The molecule has 0 saturated carbocycles. The maximum atomic E-state index is 13.5. The van der Waals surface area contributed by atoms with E-state index in [1.165, 1.54) is 17.0 Å². The van der Waals surface area contributed by atoms with Gasteiger partial charge in [0, 0.05) is 30.9 Å². The molecule has 1 N–H and O–H groups in total. The predicted molar refractivity (Wildman–Crippen MR) is 147 cm³/mol. The van der Waals surface area contributed by atoms with Gasteiger partial charge in [-0.1, -0.05) is 35.9 Å². The number of aliphatic hydroxyl groups is 1. The molecule has 0 radical (unpaired) electrons. The molecule has 8 heteroatoms. The van der Waals surface area contributed by atoms with Crippen LogP contribution in [0.15, 0.2) is 72.3 Å². The zero-order valence-corrected chi connectivity index (χ0v) is 22.3. The number of aliphatic hydroxyl groups excluding tert-OH is 1. The highest BCUT2D eigenvalue weighted by atomic mass is 35.5. The first-order valence-electron chi connectivity index (χ1n) is 12.6. The van der Waals surface area contributed by atoms with Crippen LogP contribution in [0.5, 0.6) is 5.75 Å². The van der Waals surface area contributed by atoms with Gasteiger partial charge in [-0.05, 0) is 74.4 Å². The average Bonchev–Trinajstić information content (AvgIpc) is 3.17. The zero-order chi connectivity index (χ0) is 27.4. The Morgan fingerprint density at radius 3 is 2.26 bits per heavy atom. The van der Waals surface area contributed by atoms with Crippen molar-refractivity contribution >= 4 is 34.7 Å². The monoisotopic (exact) mass is 536 g/mol. The number of benzene rings is 3. The van der Waals surface area contributed by atoms with E-state index in [1.54, 1.807) is 30.3 Å². The third kappa shape index (κ3) is 5.38. The van der Waals surface area contributed by atoms with Gasteiger partial charge in [-0.2, -0.15) is 0 Å². The minimum Gasteiger partial charge on any atom is -0.507 e. The van der Waals surface area contributed by atoms with Crippen molar-refractivity contribution in [1.29, 1.82) is 0 Å². The number of nitrogens with zero attached hydrogens (tertiary/aromatic N) is 2. The van der Waals surface area contributed by atoms with Crippen molar-refractivity contribution < 1.29 is 23.8 Å². The number of carbonyl (C=O) groups excluding carboxylic acids is 2. The molecular weight excluding hydrogens is 507 g/mol. The van der Waals surface area contributed by atoms with E-state index in [0.29, 0.717) is 34.1 Å². The number of amides is 1. The first-order valence-corrected chi connectivity index (χ1v) is 13.0. The van der Waals surface area contributed by atoms with E-state index in [2.05, 4.69) is 18.7 Å². The van der Waals surface area contributed by atoms with Crippen LogP contribution in [0.2, 0.25) is 5.02 Å². The van der Waals surface area contributed by atoms with Crippen LogP contribution in [0.25, 0.3) is 5.76 Å². The lowest BCUT2D eigenvalue weighted by atomic mass is 9.94. The van der Waals surface area contributed by atoms with Crippen molar-refractivity contribution in [3.05, 3.63) is 99.8 Å². The molecule has 3 aromatic rings. The molecule has 1 aliphatic rings. The zero-order valence-electron chi connectivity index (χ0n) is 21.6. The second kappa shape index (κ2) is 11.7. The molecule has 1 atom stereocenters. The van der Waals surface area contributed by atoms with Crippen LogP contribution in [-0.4, -0.2) is 41.4 Å². The smallest absolute Gasteiger partial charge is 0.295 e. The summed E-state index contributed by atoms with van der Waals surface area (Å²) >= 11 is 6.22. The quantitative estimate of drug-likeness (QED) is 0.196. The SMILES string of the molecule is CCOc1cc(/C(O)=C2/C(=O)C(=O)N(Cc3ccc(F)cc3)C2c2ccc(N(CC)CC)cc2)ccc1Cl. The van der Waals surface area contributed by atoms with Gasteiger partial charge in [0.2, 0.25) is 0 Å². The highest BCUT2D eigenvalue weighted by molar-refractivity contribution is 6.46. The molecule has 4 rings (SSSR count). The molecule has 1 fully saturated rings. The molecule has 0 spiro atoms. The summed E-state index contributed by atoms with van der Waals surface area (Å²) in [5.74, 6) is -1.89. The van der Waals surface area contributed by atoms with Crippen molar-refractivity contribution in [2.24, 2.45) is 0 Å². The normalized spacial score (nSPS) is 16.7. The summed E-state index contributed by atoms with van der Waals surface area (Å²) in [6.45, 7) is 8.04. The van der Waals surface area contributed by atoms with Gasteiger partial charge in [0.15, 0.2) is 0 Å². The Kier molecular flexibility index (Phi) is 8.37. The molecule has 1 amide bonds. The van der Waals surface area contributed by atoms with E-state index in [4.69, 9.17) is 16.3 Å². The molecule has 198 valence electrons. The Morgan fingerprint density at radius 2 is 1.66 bits per heavy atom. The number of hydrogen-bond donors (Lipinski definition) is 1. The van der Waals surface area contributed by atoms with Crippen molar-refractivity contribution in [3.8, 4) is 5.75 Å². The van der Waals surface area contributed by atoms with Crippen LogP contribution in [0, 0.1) is 5.82 Å². The van der Waals surface area contributed by atoms with Gasteiger partial charge in [-0.3, -0.25) is 9.59 Å². The second-order valence-electron chi connectivity index (χ2n) is 8.90. The van der Waals surface area contributed by atoms with Crippen LogP contribution in [0.4, 0.5) is 10.1 Å². The lowest BCUT2D eigenvalue weighted by Gasteiger charge is -2.27. The number of ketones is 1. The van der Waals surface area contributed by atoms with E-state index >= 15 is 0 Å². The number of halogens is 2. The maximum Gasteiger partial charge on any atom is 0.295 e. The minimum absolute atomic E-state index is 0.0301. The van der Waals surface area contributed by atoms with E-state index in [0.717, 1.165) is 18.8 Å². The Labute approximate surface area is 226 Å². The third-order valence-electron chi connectivity index (χ3n) is 6.65. The van der Waals surface area contributed by atoms with E-state index in [9.17, 15) is 19.1 Å². The van der Waals surface area contributed by atoms with Crippen LogP contribution >= 0.6 is 11.6 Å². The second-order valence-corrected chi connectivity index (χ2v) is 9.30. The van der Waals surface area contributed by atoms with E-state index in [1.807, 2.05) is 31.2 Å². The Bertz CT molecular complexity index is 1350. The fourth-order valence-corrected chi connectivity index (χ4v) is 4.88. The van der Waals surface area contributed by atoms with Gasteiger partial charge in [0.25, 0.3) is 11.7 Å². The molecule has 0 aromatic heterocycles. The molecule has 0 bridgehead atoms. The molecule has 1 unspecified atom stereocenters. The molecule has 0 aliphatic carbocycles. The van der Waals surface area contributed by atoms with Crippen LogP contribution in [0.3, 0.4) is 0 Å². The molecular formula is C30H30ClFN2O4. The van der Waals surface area contributed by atoms with Gasteiger partial charge in [-0.25, -0.2) is 4.39 Å². The van der Waals surface area contributed by atoms with Gasteiger partial charge in [0.1, 0.15) is 17.3 Å². The van der Waals surface area contributed by atoms with Gasteiger partial charge < -0.3 is 19.6 Å². The minimum atomic E-state index is -0.850. The standard InChI is InChI=1S/C30H30ClFN2O4/c1-4-33(5-2)23-14-9-20(10-15-23)27-26(28(35)21-11-16-24(31)25(17-21)38-6-3)29(36)30(37)34(27)18-19-7-12-22(32)13-8-19/h7-17,27,35H,4-6,18H2,1-3H3/b28-26-. The van der Waals surface area contributed by atoms with Crippen molar-refractivity contribution in [2.45, 2.75) is 33.4 Å². The number of likely N-dealkylation sites (tertiary alicyclic amines) is 1. The fraction of sp³-hybridized carbons (Fsp3) is 0.267. The molecule has 3 aromatic carbocycles. The summed E-state index contributed by atoms with van der Waals surface area (Å²) in [7, 11) is 0. The first-order chi connectivity index (χ1) is 18.3. The molecule has 1 aliphatic heterocycles. The van der Waals surface area contributed by atoms with Crippen LogP contribution < -0.4 is 9.64 Å². The topological polar surface area (TPSA) is 70.1 Å². The average molecular weight is 537 g/mol. The van der Waals surface area contributed by atoms with Crippen LogP contribution in [0.1, 0.15) is 43.5 Å². The Hall–Kier alpha value is -3.84. The summed E-state index contributed by atoms with van der Waals surface area (Å²) in [4.78, 5) is 30.3. The van der Waals surface area contributed by atoms with Crippen molar-refractivity contribution in [1.82, 2.24) is 4.90 Å². The van der Waals surface area contributed by atoms with Gasteiger partial charge in [0.05, 0.1) is 23.2 Å². The Morgan fingerprint density at radius 1 is 1.00 bits per heavy atom. The Balaban J connectivity index is 1.84. The molecule has 38 heavy (non-hydrogen) atoms. The number of Topliss-reactive ketones (excluding diaryl/α,β-unsaturated/α-hetero) is 1. The lowest BCUT2D eigenvalue weighted by Crippen LogP contribution is -2.29. The van der Waals surface area contributed by atoms with E-state index in [-0.39, 0.29) is 17.9 Å². The number of carbonyl (C=O) groups is 2. The van der Waals surface area contributed by atoms with Crippen molar-refractivity contribution in [2.75, 3.05) is 24.6 Å². The highest BCUT2D eigenvalue weighted by Gasteiger charge is 2.46.